The van der Waals surface area contributed by atoms with Crippen molar-refractivity contribution in [3.63, 3.8) is 0 Å². The molecule has 0 aliphatic rings. The molecule has 0 spiro atoms. The molecule has 15 heavy (non-hydrogen) atoms. The number of hydrogen-bond acceptors (Lipinski definition) is 4. The molecule has 0 amide bonds. The Labute approximate surface area is 95.0 Å². The van der Waals surface area contributed by atoms with Gasteiger partial charge >= 0.3 is 0 Å². The molecule has 84 valence electrons. The molecule has 1 N–H and O–H groups in total. The van der Waals surface area contributed by atoms with E-state index in [-0.39, 0.29) is 0 Å². The molecule has 0 radical (unpaired) electrons. The molecule has 1 aromatic heterocycles. The van der Waals surface area contributed by atoms with Gasteiger partial charge in [-0.25, -0.2) is 4.98 Å². The number of nitrogens with one attached hydrogen (secondary N) is 1. The quantitative estimate of drug-likeness (QED) is 0.843. The van der Waals surface area contributed by atoms with Crippen LogP contribution in [0.5, 0.6) is 5.88 Å². The first-order chi connectivity index (χ1) is 7.13. The van der Waals surface area contributed by atoms with Gasteiger partial charge in [0.25, 0.3) is 0 Å². The molecular weight excluding hydrogens is 214 g/mol. The zero-order chi connectivity index (χ0) is 11.3. The first kappa shape index (κ1) is 12.0. The second-order valence-corrected chi connectivity index (χ2v) is 4.03. The lowest BCUT2D eigenvalue weighted by atomic mass is 10.1. The highest BCUT2D eigenvalue weighted by Gasteiger charge is 2.05. The van der Waals surface area contributed by atoms with E-state index in [1.165, 1.54) is 6.20 Å². The van der Waals surface area contributed by atoms with E-state index >= 15 is 0 Å². The van der Waals surface area contributed by atoms with Crippen LogP contribution in [0.1, 0.15) is 20.3 Å². The van der Waals surface area contributed by atoms with E-state index in [9.17, 15) is 0 Å². The number of ether oxygens (including phenoxy) is 1. The topological polar surface area (TPSA) is 47.0 Å². The summed E-state index contributed by atoms with van der Waals surface area (Å²) in [5.41, 5.74) is 0. The van der Waals surface area contributed by atoms with Crippen LogP contribution < -0.4 is 10.1 Å². The minimum Gasteiger partial charge on any atom is -0.476 e. The van der Waals surface area contributed by atoms with Gasteiger partial charge in [-0.15, -0.1) is 0 Å². The summed E-state index contributed by atoms with van der Waals surface area (Å²) in [5, 5.41) is 3.28. The fourth-order valence-electron chi connectivity index (χ4n) is 0.964. The summed E-state index contributed by atoms with van der Waals surface area (Å²) < 4.78 is 5.47. The van der Waals surface area contributed by atoms with Gasteiger partial charge in [0.2, 0.25) is 11.8 Å². The number of rotatable bonds is 5. The molecule has 0 saturated heterocycles. The van der Waals surface area contributed by atoms with Crippen molar-refractivity contribution in [2.45, 2.75) is 20.3 Å². The van der Waals surface area contributed by atoms with Crippen LogP contribution in [-0.4, -0.2) is 23.6 Å². The molecular formula is C10H16ClN3O. The Morgan fingerprint density at radius 2 is 2.27 bits per heavy atom. The van der Waals surface area contributed by atoms with Gasteiger partial charge in [0, 0.05) is 7.05 Å². The summed E-state index contributed by atoms with van der Waals surface area (Å²) in [7, 11) is 1.75. The number of halogens is 1. The van der Waals surface area contributed by atoms with Crippen LogP contribution in [0.4, 0.5) is 5.95 Å². The molecule has 4 nitrogen and oxygen atoms in total. The van der Waals surface area contributed by atoms with Crippen LogP contribution in [0.25, 0.3) is 0 Å². The Bertz CT molecular complexity index is 318. The summed E-state index contributed by atoms with van der Waals surface area (Å²) >= 11 is 5.89. The van der Waals surface area contributed by atoms with Gasteiger partial charge < -0.3 is 10.1 Å². The van der Waals surface area contributed by atoms with E-state index in [1.807, 2.05) is 0 Å². The highest BCUT2D eigenvalue weighted by molar-refractivity contribution is 6.31. The molecule has 0 atom stereocenters. The number of hydrogen-bond donors (Lipinski definition) is 1. The van der Waals surface area contributed by atoms with Gasteiger partial charge in [0.05, 0.1) is 12.8 Å². The molecule has 1 heterocycles. The molecule has 0 saturated carbocycles. The first-order valence-electron chi connectivity index (χ1n) is 4.96. The van der Waals surface area contributed by atoms with Gasteiger partial charge in [-0.05, 0) is 12.3 Å². The van der Waals surface area contributed by atoms with E-state index in [4.69, 9.17) is 16.3 Å². The smallest absolute Gasteiger partial charge is 0.237 e. The van der Waals surface area contributed by atoms with Crippen LogP contribution in [0.15, 0.2) is 6.20 Å². The Hall–Kier alpha value is -1.03. The van der Waals surface area contributed by atoms with Crippen molar-refractivity contribution < 1.29 is 4.74 Å². The van der Waals surface area contributed by atoms with Crippen LogP contribution in [0.2, 0.25) is 5.02 Å². The van der Waals surface area contributed by atoms with Crippen LogP contribution >= 0.6 is 11.6 Å². The number of nitrogens with zero attached hydrogens (tertiary/aromatic N) is 2. The highest BCUT2D eigenvalue weighted by atomic mass is 35.5. The predicted molar refractivity (Wildman–Crippen MR) is 61.5 cm³/mol. The zero-order valence-corrected chi connectivity index (χ0v) is 10.0. The lowest BCUT2D eigenvalue weighted by molar-refractivity contribution is 0.279. The maximum atomic E-state index is 5.89. The summed E-state index contributed by atoms with van der Waals surface area (Å²) in [6, 6.07) is 0. The SMILES string of the molecule is CNc1ncc(Cl)c(OCCC(C)C)n1. The predicted octanol–water partition coefficient (Wildman–Crippen LogP) is 2.60. The van der Waals surface area contributed by atoms with Gasteiger partial charge in [0.1, 0.15) is 5.02 Å². The number of aromatic nitrogens is 2. The summed E-state index contributed by atoms with van der Waals surface area (Å²) in [5.74, 6) is 1.56. The third kappa shape index (κ3) is 3.91. The molecule has 0 bridgehead atoms. The summed E-state index contributed by atoms with van der Waals surface area (Å²) in [4.78, 5) is 8.08. The van der Waals surface area contributed by atoms with Crippen LogP contribution in [-0.2, 0) is 0 Å². The van der Waals surface area contributed by atoms with Gasteiger partial charge in [-0.3, -0.25) is 0 Å². The average molecular weight is 230 g/mol. The molecule has 0 aliphatic heterocycles. The van der Waals surface area contributed by atoms with Crippen molar-refractivity contribution in [1.29, 1.82) is 0 Å². The normalized spacial score (nSPS) is 10.5. The maximum Gasteiger partial charge on any atom is 0.237 e. The van der Waals surface area contributed by atoms with Crippen molar-refractivity contribution in [2.75, 3.05) is 19.0 Å². The van der Waals surface area contributed by atoms with E-state index in [1.54, 1.807) is 7.05 Å². The molecule has 0 aliphatic carbocycles. The summed E-state index contributed by atoms with van der Waals surface area (Å²) in [6.07, 6.45) is 2.51. The monoisotopic (exact) mass is 229 g/mol. The standard InChI is InChI=1S/C10H16ClN3O/c1-7(2)4-5-15-9-8(11)6-13-10(12-3)14-9/h6-7H,4-5H2,1-3H3,(H,12,13,14). The first-order valence-corrected chi connectivity index (χ1v) is 5.34. The second kappa shape index (κ2) is 5.75. The van der Waals surface area contributed by atoms with Gasteiger partial charge in [-0.2, -0.15) is 4.98 Å². The zero-order valence-electron chi connectivity index (χ0n) is 9.25. The van der Waals surface area contributed by atoms with Crippen LogP contribution in [0.3, 0.4) is 0 Å². The fourth-order valence-corrected chi connectivity index (χ4v) is 1.11. The fraction of sp³-hybridized carbons (Fsp3) is 0.600. The van der Waals surface area contributed by atoms with E-state index < -0.39 is 0 Å². The molecule has 0 aromatic carbocycles. The lowest BCUT2D eigenvalue weighted by Crippen LogP contribution is -2.05. The molecule has 1 rings (SSSR count). The third-order valence-electron chi connectivity index (χ3n) is 1.87. The molecule has 0 unspecified atom stereocenters. The Morgan fingerprint density at radius 3 is 2.87 bits per heavy atom. The minimum atomic E-state index is 0.441. The van der Waals surface area contributed by atoms with E-state index in [0.717, 1.165) is 6.42 Å². The molecule has 0 fully saturated rings. The van der Waals surface area contributed by atoms with Crippen molar-refractivity contribution in [3.8, 4) is 5.88 Å². The van der Waals surface area contributed by atoms with Crippen molar-refractivity contribution in [1.82, 2.24) is 9.97 Å². The van der Waals surface area contributed by atoms with E-state index in [2.05, 4.69) is 29.1 Å². The Morgan fingerprint density at radius 1 is 1.53 bits per heavy atom. The number of anilines is 1. The van der Waals surface area contributed by atoms with Crippen molar-refractivity contribution in [2.24, 2.45) is 5.92 Å². The third-order valence-corrected chi connectivity index (χ3v) is 2.13. The molecule has 1 aromatic rings. The minimum absolute atomic E-state index is 0.441. The van der Waals surface area contributed by atoms with Crippen molar-refractivity contribution >= 4 is 17.5 Å². The van der Waals surface area contributed by atoms with Gasteiger partial charge in [-0.1, -0.05) is 25.4 Å². The lowest BCUT2D eigenvalue weighted by Gasteiger charge is -2.09. The Balaban J connectivity index is 2.59. The van der Waals surface area contributed by atoms with Crippen LogP contribution in [0, 0.1) is 5.92 Å². The van der Waals surface area contributed by atoms with E-state index in [0.29, 0.717) is 29.4 Å². The van der Waals surface area contributed by atoms with Gasteiger partial charge in [0.15, 0.2) is 0 Å². The maximum absolute atomic E-state index is 5.89. The Kier molecular flexibility index (Phi) is 4.62. The average Bonchev–Trinajstić information content (AvgIpc) is 2.20. The highest BCUT2D eigenvalue weighted by Crippen LogP contribution is 2.21. The van der Waals surface area contributed by atoms with Crippen molar-refractivity contribution in [3.05, 3.63) is 11.2 Å². The largest absolute Gasteiger partial charge is 0.476 e. The second-order valence-electron chi connectivity index (χ2n) is 3.63. The summed E-state index contributed by atoms with van der Waals surface area (Å²) in [6.45, 7) is 4.91. The molecule has 5 heteroatoms.